The van der Waals surface area contributed by atoms with E-state index in [1.165, 1.54) is 11.9 Å². The highest BCUT2D eigenvalue weighted by molar-refractivity contribution is 8.17. The lowest BCUT2D eigenvalue weighted by atomic mass is 10.1. The van der Waals surface area contributed by atoms with Crippen molar-refractivity contribution in [3.8, 4) is 0 Å². The fourth-order valence-electron chi connectivity index (χ4n) is 5.94. The van der Waals surface area contributed by atoms with Gasteiger partial charge in [0.25, 0.3) is 0 Å². The Morgan fingerprint density at radius 2 is 1.80 bits per heavy atom. The average molecular weight is 664 g/mol. The van der Waals surface area contributed by atoms with E-state index in [0.717, 1.165) is 39.8 Å². The molecule has 16 heteroatoms. The lowest BCUT2D eigenvalue weighted by molar-refractivity contribution is -0.147. The van der Waals surface area contributed by atoms with Crippen molar-refractivity contribution in [2.24, 2.45) is 0 Å². The van der Waals surface area contributed by atoms with E-state index in [1.807, 2.05) is 0 Å². The molecule has 2 aromatic carbocycles. The predicted octanol–water partition coefficient (Wildman–Crippen LogP) is 5.21. The molecule has 0 saturated carbocycles. The Kier molecular flexibility index (Phi) is 8.68. The van der Waals surface area contributed by atoms with Crippen LogP contribution < -0.4 is 10.6 Å². The minimum absolute atomic E-state index is 0.00691. The highest BCUT2D eigenvalue weighted by atomic mass is 32.2. The molecule has 0 aliphatic carbocycles. The number of alkyl halides is 6. The Hall–Kier alpha value is -3.66. The van der Waals surface area contributed by atoms with E-state index in [2.05, 4.69) is 11.6 Å². The second-order valence-electron chi connectivity index (χ2n) is 11.1. The van der Waals surface area contributed by atoms with Gasteiger partial charge in [-0.1, -0.05) is 6.58 Å². The van der Waals surface area contributed by atoms with E-state index < -0.39 is 64.8 Å². The summed E-state index contributed by atoms with van der Waals surface area (Å²) in [6, 6.07) is 2.63. The summed E-state index contributed by atoms with van der Waals surface area (Å²) in [5.74, 6) is -2.69. The second-order valence-corrected chi connectivity index (χ2v) is 13.3. The molecule has 1 unspecified atom stereocenters. The molecule has 0 radical (unpaired) electrons. The summed E-state index contributed by atoms with van der Waals surface area (Å²) >= 11 is 0. The minimum Gasteiger partial charge on any atom is -0.350 e. The van der Waals surface area contributed by atoms with Crippen LogP contribution >= 0.6 is 10.9 Å². The molecule has 3 atom stereocenters. The molecule has 7 nitrogen and oxygen atoms in total. The number of piperazine rings is 1. The number of aromatic nitrogens is 2. The van der Waals surface area contributed by atoms with Crippen molar-refractivity contribution in [1.29, 1.82) is 0 Å². The van der Waals surface area contributed by atoms with Gasteiger partial charge in [-0.25, -0.2) is 13.6 Å². The normalized spacial score (nSPS) is 21.7. The summed E-state index contributed by atoms with van der Waals surface area (Å²) in [6.45, 7) is 3.83. The maximum Gasteiger partial charge on any atom is 0.416 e. The van der Waals surface area contributed by atoms with Crippen molar-refractivity contribution in [2.45, 2.75) is 47.7 Å². The number of carbonyl (C=O) groups is 1. The van der Waals surface area contributed by atoms with Crippen LogP contribution in [0.4, 0.5) is 40.9 Å². The molecule has 1 amide bonds. The Balaban J connectivity index is 1.79. The third-order valence-corrected chi connectivity index (χ3v) is 10.7. The van der Waals surface area contributed by atoms with Gasteiger partial charge in [0, 0.05) is 65.3 Å². The molecule has 2 aliphatic rings. The molecule has 3 heterocycles. The number of thiol groups is 1. The second kappa shape index (κ2) is 11.9. The first kappa shape index (κ1) is 32.7. The number of hydrogen-bond acceptors (Lipinski definition) is 5. The van der Waals surface area contributed by atoms with Gasteiger partial charge in [-0.15, -0.1) is 0 Å². The van der Waals surface area contributed by atoms with Gasteiger partial charge in [0.15, 0.2) is 0 Å². The zero-order chi connectivity index (χ0) is 33.0. The van der Waals surface area contributed by atoms with Gasteiger partial charge in [0.05, 0.1) is 17.6 Å². The van der Waals surface area contributed by atoms with Gasteiger partial charge in [-0.2, -0.15) is 42.2 Å². The van der Waals surface area contributed by atoms with Gasteiger partial charge in [-0.05, 0) is 44.3 Å². The van der Waals surface area contributed by atoms with Gasteiger partial charge < -0.3 is 9.80 Å². The summed E-state index contributed by atoms with van der Waals surface area (Å²) < 4.78 is 114. The van der Waals surface area contributed by atoms with E-state index >= 15 is 4.39 Å². The van der Waals surface area contributed by atoms with Crippen molar-refractivity contribution < 1.29 is 39.9 Å². The quantitative estimate of drug-likeness (QED) is 0.231. The Morgan fingerprint density at radius 1 is 1.09 bits per heavy atom. The molecule has 0 bridgehead atoms. The third kappa shape index (κ3) is 6.52. The number of amides is 1. The summed E-state index contributed by atoms with van der Waals surface area (Å²) in [6.07, 6.45) is -8.41. The largest absolute Gasteiger partial charge is 0.416 e. The van der Waals surface area contributed by atoms with E-state index in [-0.39, 0.29) is 64.4 Å². The molecular weight excluding hydrogens is 634 g/mol. The smallest absolute Gasteiger partial charge is 0.350 e. The molecule has 1 fully saturated rings. The van der Waals surface area contributed by atoms with Crippen LogP contribution in [0.1, 0.15) is 12.5 Å². The molecule has 0 N–H and O–H groups in total. The molecule has 1 saturated heterocycles. The highest BCUT2D eigenvalue weighted by Gasteiger charge is 2.39. The Labute approximate surface area is 255 Å². The van der Waals surface area contributed by atoms with Crippen LogP contribution in [-0.2, 0) is 17.5 Å². The standard InChI is InChI=1S/C29H29F8N5O2S/c1-4-24(43)40-7-8-41(16(2)12-40)26-20-9-17(29(35,36)37)10-23-25(20)42(27(44)38-26)13-19(39(3)15-28(32,33)34)14-45(23)22-6-5-18(30)11-21(22)31/h4-6,9-11,16,19,45H,1,7-8,12-15H2,2-3H3/t16-,19-/m0/s1. The van der Waals surface area contributed by atoms with Crippen LogP contribution in [0.5, 0.6) is 0 Å². The average Bonchev–Trinajstić information content (AvgIpc) is 3.11. The molecule has 5 rings (SSSR count). The van der Waals surface area contributed by atoms with Crippen LogP contribution in [-0.4, -0.2) is 82.5 Å². The number of likely N-dealkylation sites (N-methyl/N-ethyl adjacent to an activating group) is 1. The van der Waals surface area contributed by atoms with Crippen LogP contribution in [0.3, 0.4) is 0 Å². The Morgan fingerprint density at radius 3 is 2.40 bits per heavy atom. The summed E-state index contributed by atoms with van der Waals surface area (Å²) in [5, 5.41) is -0.0936. The van der Waals surface area contributed by atoms with Crippen LogP contribution in [0.25, 0.3) is 10.9 Å². The first-order valence-corrected chi connectivity index (χ1v) is 15.3. The monoisotopic (exact) mass is 663 g/mol. The first-order valence-electron chi connectivity index (χ1n) is 13.8. The van der Waals surface area contributed by atoms with Gasteiger partial charge >= 0.3 is 18.0 Å². The molecule has 3 aromatic rings. The van der Waals surface area contributed by atoms with Crippen molar-refractivity contribution in [3.05, 3.63) is 70.7 Å². The third-order valence-electron chi connectivity index (χ3n) is 8.08. The summed E-state index contributed by atoms with van der Waals surface area (Å²) in [4.78, 5) is 33.8. The Bertz CT molecular complexity index is 1710. The molecule has 45 heavy (non-hydrogen) atoms. The van der Waals surface area contributed by atoms with Crippen LogP contribution in [0, 0.1) is 11.6 Å². The van der Waals surface area contributed by atoms with Gasteiger partial charge in [0.1, 0.15) is 17.5 Å². The molecule has 0 spiro atoms. The highest BCUT2D eigenvalue weighted by Crippen LogP contribution is 2.53. The topological polar surface area (TPSA) is 61.7 Å². The number of hydrogen-bond donors (Lipinski definition) is 1. The van der Waals surface area contributed by atoms with E-state index in [1.54, 1.807) is 11.8 Å². The number of nitrogens with zero attached hydrogens (tertiary/aromatic N) is 5. The summed E-state index contributed by atoms with van der Waals surface area (Å²) in [7, 11) is -1.03. The van der Waals surface area contributed by atoms with Gasteiger partial charge in [0.2, 0.25) is 5.91 Å². The first-order chi connectivity index (χ1) is 21.0. The minimum atomic E-state index is -4.90. The van der Waals surface area contributed by atoms with Crippen LogP contribution in [0.2, 0.25) is 0 Å². The van der Waals surface area contributed by atoms with E-state index in [9.17, 15) is 40.3 Å². The zero-order valence-corrected chi connectivity index (χ0v) is 25.0. The van der Waals surface area contributed by atoms with Crippen molar-refractivity contribution in [3.63, 3.8) is 0 Å². The van der Waals surface area contributed by atoms with Gasteiger partial charge in [-0.3, -0.25) is 14.3 Å². The fraction of sp³-hybridized carbons (Fsp3) is 0.414. The zero-order valence-electron chi connectivity index (χ0n) is 24.1. The van der Waals surface area contributed by atoms with Crippen molar-refractivity contribution >= 4 is 33.5 Å². The lowest BCUT2D eigenvalue weighted by Crippen LogP contribution is -2.54. The number of carbonyl (C=O) groups excluding carboxylic acids is 1. The molecule has 244 valence electrons. The number of rotatable bonds is 5. The van der Waals surface area contributed by atoms with Crippen molar-refractivity contribution in [1.82, 2.24) is 19.4 Å². The number of halogens is 8. The van der Waals surface area contributed by atoms with E-state index in [0.29, 0.717) is 6.07 Å². The summed E-state index contributed by atoms with van der Waals surface area (Å²) in [5.41, 5.74) is -2.03. The lowest BCUT2D eigenvalue weighted by Gasteiger charge is -2.40. The molecule has 2 aliphatic heterocycles. The molecular formula is C29H29F8N5O2S. The van der Waals surface area contributed by atoms with Crippen molar-refractivity contribution in [2.75, 3.05) is 43.9 Å². The fourth-order valence-corrected chi connectivity index (χ4v) is 8.77. The SMILES string of the molecule is C=CC(=O)N1CCN(c2nc(=O)n3c4c(cc(C(F)(F)F)cc24)[SH](c2ccc(F)cc2F)C[C@@H](N(C)CC(F)(F)F)C3)[C@@H](C)C1. The number of benzene rings is 2. The number of anilines is 1. The maximum atomic E-state index is 15.3. The molecule has 1 aromatic heterocycles. The predicted molar refractivity (Wildman–Crippen MR) is 154 cm³/mol. The van der Waals surface area contributed by atoms with E-state index in [4.69, 9.17) is 0 Å². The maximum absolute atomic E-state index is 15.3. The van der Waals surface area contributed by atoms with Crippen LogP contribution in [0.15, 0.2) is 57.6 Å².